The van der Waals surface area contributed by atoms with Crippen LogP contribution in [0, 0.1) is 52.3 Å². The number of hydrogen-bond acceptors (Lipinski definition) is 18. The lowest BCUT2D eigenvalue weighted by Crippen LogP contribution is -2.51. The predicted molar refractivity (Wildman–Crippen MR) is 353 cm³/mol. The van der Waals surface area contributed by atoms with Gasteiger partial charge in [-0.15, -0.1) is 0 Å². The Balaban J connectivity index is 0.784. The molecule has 0 heterocycles. The SMILES string of the molecule is CCCC(CCCCNC(=O)CCSCC(=O)NCCOCCOCCOCCOCCOCCOCCOCCOCCOCCOCCOCCOCCC(=O)O[C@H]1CC[C@@]2(C)C(=CC[C@@H]3[C@H]2CC[C@]2(C)C(C(C)CCCC(C)C)CC[C@H]32)C1)C(=O)CC. The summed E-state index contributed by atoms with van der Waals surface area (Å²) in [5.74, 6) is 6.07. The number of allylic oxidation sites excluding steroid dienone is 1. The van der Waals surface area contributed by atoms with Crippen LogP contribution in [0.2, 0.25) is 0 Å². The number of nitrogens with one attached hydrogen (secondary N) is 2. The van der Waals surface area contributed by atoms with Crippen LogP contribution < -0.4 is 10.6 Å². The third-order valence-electron chi connectivity index (χ3n) is 19.1. The Labute approximate surface area is 548 Å². The number of hydrogen-bond donors (Lipinski definition) is 2. The highest BCUT2D eigenvalue weighted by atomic mass is 32.2. The summed E-state index contributed by atoms with van der Waals surface area (Å²) >= 11 is 1.43. The number of ketones is 1. The molecular weight excluding hydrogens is 1170 g/mol. The number of esters is 1. The smallest absolute Gasteiger partial charge is 0.308 e. The van der Waals surface area contributed by atoms with Crippen LogP contribution in [-0.2, 0) is 80.8 Å². The molecule has 0 aromatic heterocycles. The largest absolute Gasteiger partial charge is 0.462 e. The molecule has 3 unspecified atom stereocenters. The monoisotopic (exact) mass is 1300 g/mol. The summed E-state index contributed by atoms with van der Waals surface area (Å²) in [5, 5.41) is 5.76. The van der Waals surface area contributed by atoms with Crippen molar-refractivity contribution in [3.8, 4) is 0 Å². The third kappa shape index (κ3) is 33.4. The fraction of sp³-hybridized carbons (Fsp3) is 0.914. The second-order valence-electron chi connectivity index (χ2n) is 26.0. The van der Waals surface area contributed by atoms with Crippen molar-refractivity contribution in [2.45, 2.75) is 177 Å². The van der Waals surface area contributed by atoms with Crippen molar-refractivity contribution >= 4 is 35.3 Å². The number of thioether (sulfide) groups is 1. The lowest BCUT2D eigenvalue weighted by Gasteiger charge is -2.58. The summed E-state index contributed by atoms with van der Waals surface area (Å²) in [4.78, 5) is 49.0. The van der Waals surface area contributed by atoms with E-state index in [1.165, 1.54) is 63.1 Å². The molecule has 0 saturated heterocycles. The lowest BCUT2D eigenvalue weighted by molar-refractivity contribution is -0.153. The van der Waals surface area contributed by atoms with Gasteiger partial charge in [0.2, 0.25) is 11.8 Å². The van der Waals surface area contributed by atoms with E-state index in [1.54, 1.807) is 5.57 Å². The molecule has 0 spiro atoms. The van der Waals surface area contributed by atoms with E-state index in [4.69, 9.17) is 61.6 Å². The van der Waals surface area contributed by atoms with Crippen LogP contribution >= 0.6 is 11.8 Å². The highest BCUT2D eigenvalue weighted by Gasteiger charge is 2.59. The molecule has 524 valence electrons. The highest BCUT2D eigenvalue weighted by Crippen LogP contribution is 2.67. The first-order valence-corrected chi connectivity index (χ1v) is 36.4. The van der Waals surface area contributed by atoms with Crippen molar-refractivity contribution < 1.29 is 80.8 Å². The predicted octanol–water partition coefficient (Wildman–Crippen LogP) is 10.5. The van der Waals surface area contributed by atoms with Crippen LogP contribution in [0.3, 0.4) is 0 Å². The first-order valence-electron chi connectivity index (χ1n) is 35.3. The molecule has 3 saturated carbocycles. The Hall–Kier alpha value is -2.31. The normalized spacial score (nSPS) is 22.8. The fourth-order valence-corrected chi connectivity index (χ4v) is 15.0. The van der Waals surface area contributed by atoms with Crippen LogP contribution in [0.5, 0.6) is 0 Å². The summed E-state index contributed by atoms with van der Waals surface area (Å²) in [6.07, 6.45) is 22.4. The molecule has 20 heteroatoms. The molecule has 3 fully saturated rings. The van der Waals surface area contributed by atoms with Crippen molar-refractivity contribution in [3.63, 3.8) is 0 Å². The molecule has 0 bridgehead atoms. The molecular formula is C70H126N2O17S. The first-order chi connectivity index (χ1) is 43.8. The molecule has 4 aliphatic carbocycles. The van der Waals surface area contributed by atoms with E-state index in [1.807, 2.05) is 6.92 Å². The van der Waals surface area contributed by atoms with E-state index < -0.39 is 0 Å². The average Bonchev–Trinajstić information content (AvgIpc) is 1.35. The summed E-state index contributed by atoms with van der Waals surface area (Å²) in [5.41, 5.74) is 2.31. The number of fused-ring (bicyclic) bond motifs is 5. The zero-order chi connectivity index (χ0) is 64.8. The zero-order valence-electron chi connectivity index (χ0n) is 57.3. The zero-order valence-corrected chi connectivity index (χ0v) is 58.1. The van der Waals surface area contributed by atoms with Crippen molar-refractivity contribution in [2.75, 3.05) is 183 Å². The van der Waals surface area contributed by atoms with Crippen molar-refractivity contribution in [1.29, 1.82) is 0 Å². The Morgan fingerprint density at radius 2 is 1.04 bits per heavy atom. The Morgan fingerprint density at radius 3 is 1.56 bits per heavy atom. The second-order valence-corrected chi connectivity index (χ2v) is 27.2. The number of amides is 2. The van der Waals surface area contributed by atoms with Gasteiger partial charge in [-0.2, -0.15) is 11.8 Å². The van der Waals surface area contributed by atoms with Gasteiger partial charge in [-0.1, -0.05) is 92.2 Å². The standard InChI is InChI=1S/C70H126N2O17S/c1-8-13-58(65(73)9-2)16-10-11-27-71-66(74)24-53-90-55-67(75)72-28-30-78-32-34-80-36-38-82-40-42-84-44-46-86-48-50-88-52-51-87-49-47-85-45-43-83-41-39-81-37-35-79-33-31-77-29-23-68(76)89-60-21-25-69(6)59(54-60)17-18-61-63-20-19-62(57(5)15-12-14-56(3)4)70(63,7)26-22-64(61)69/h17,56-58,60-64H,8-16,18-55H2,1-7H3,(H,71,74)(H,72,75)/t57?,58?,60-,61-,62?,63+,64+,69-,70+/m0/s1. The quantitative estimate of drug-likeness (QED) is 0.0329. The number of Topliss-reactive ketones (excluding diaryl/α,β-unsaturated/α-hetero) is 1. The van der Waals surface area contributed by atoms with Gasteiger partial charge in [-0.25, -0.2) is 0 Å². The fourth-order valence-electron chi connectivity index (χ4n) is 14.3. The molecule has 4 aliphatic rings. The minimum Gasteiger partial charge on any atom is -0.462 e. The van der Waals surface area contributed by atoms with Crippen molar-refractivity contribution in [3.05, 3.63) is 11.6 Å². The van der Waals surface area contributed by atoms with Crippen LogP contribution in [0.25, 0.3) is 0 Å². The van der Waals surface area contributed by atoms with Gasteiger partial charge in [-0.3, -0.25) is 19.2 Å². The Morgan fingerprint density at radius 1 is 0.533 bits per heavy atom. The molecule has 4 rings (SSSR count). The number of ether oxygens (including phenoxy) is 13. The van der Waals surface area contributed by atoms with E-state index >= 15 is 0 Å². The molecule has 19 nitrogen and oxygen atoms in total. The number of carbonyl (C=O) groups excluding carboxylic acids is 4. The van der Waals surface area contributed by atoms with Gasteiger partial charge < -0.3 is 72.2 Å². The third-order valence-corrected chi connectivity index (χ3v) is 20.1. The summed E-state index contributed by atoms with van der Waals surface area (Å²) in [7, 11) is 0. The van der Waals surface area contributed by atoms with Crippen molar-refractivity contribution in [2.24, 2.45) is 52.3 Å². The summed E-state index contributed by atoms with van der Waals surface area (Å²) in [6, 6.07) is 0. The minimum absolute atomic E-state index is 0.00946. The highest BCUT2D eigenvalue weighted by molar-refractivity contribution is 7.99. The Bertz CT molecular complexity index is 1900. The average molecular weight is 1300 g/mol. The summed E-state index contributed by atoms with van der Waals surface area (Å²) < 4.78 is 72.9. The van der Waals surface area contributed by atoms with E-state index in [0.29, 0.717) is 207 Å². The van der Waals surface area contributed by atoms with E-state index in [9.17, 15) is 19.2 Å². The molecule has 90 heavy (non-hydrogen) atoms. The number of rotatable bonds is 59. The maximum atomic E-state index is 12.8. The van der Waals surface area contributed by atoms with Crippen LogP contribution in [0.1, 0.15) is 170 Å². The molecule has 0 aromatic rings. The van der Waals surface area contributed by atoms with Gasteiger partial charge in [-0.05, 0) is 111 Å². The molecule has 0 radical (unpaired) electrons. The van der Waals surface area contributed by atoms with Gasteiger partial charge in [0.25, 0.3) is 0 Å². The van der Waals surface area contributed by atoms with Gasteiger partial charge in [0, 0.05) is 44.0 Å². The number of carbonyl (C=O) groups is 4. The van der Waals surface area contributed by atoms with Gasteiger partial charge in [0.1, 0.15) is 11.9 Å². The van der Waals surface area contributed by atoms with Crippen LogP contribution in [0.15, 0.2) is 11.6 Å². The van der Waals surface area contributed by atoms with Gasteiger partial charge >= 0.3 is 5.97 Å². The van der Waals surface area contributed by atoms with Crippen LogP contribution in [0.4, 0.5) is 0 Å². The van der Waals surface area contributed by atoms with Gasteiger partial charge in [0.15, 0.2) is 0 Å². The first kappa shape index (κ1) is 80.1. The maximum Gasteiger partial charge on any atom is 0.308 e. The lowest BCUT2D eigenvalue weighted by atomic mass is 9.47. The summed E-state index contributed by atoms with van der Waals surface area (Å²) in [6.45, 7) is 28.5. The molecule has 9 atom stereocenters. The number of unbranched alkanes of at least 4 members (excludes halogenated alkanes) is 1. The van der Waals surface area contributed by atoms with Crippen LogP contribution in [-0.4, -0.2) is 213 Å². The van der Waals surface area contributed by atoms with E-state index in [-0.39, 0.29) is 41.6 Å². The molecule has 2 amide bonds. The van der Waals surface area contributed by atoms with Crippen molar-refractivity contribution in [1.82, 2.24) is 10.6 Å². The van der Waals surface area contributed by atoms with E-state index in [0.717, 1.165) is 86.9 Å². The Kier molecular flexibility index (Phi) is 44.6. The van der Waals surface area contributed by atoms with E-state index in [2.05, 4.69) is 58.3 Å². The maximum absolute atomic E-state index is 12.8. The second kappa shape index (κ2) is 50.1. The topological polar surface area (TPSA) is 212 Å². The minimum atomic E-state index is -0.162. The molecule has 0 aromatic carbocycles. The molecule has 0 aliphatic heterocycles. The molecule has 2 N–H and O–H groups in total. The van der Waals surface area contributed by atoms with Gasteiger partial charge in [0.05, 0.1) is 171 Å².